The molecular formula is C15H15N3O2S. The van der Waals surface area contributed by atoms with Gasteiger partial charge in [-0.25, -0.2) is 4.98 Å². The Morgan fingerprint density at radius 3 is 2.95 bits per heavy atom. The number of nitrogens with zero attached hydrogens (tertiary/aromatic N) is 1. The Balaban J connectivity index is 1.82. The molecule has 1 amide bonds. The number of hydrogen-bond acceptors (Lipinski definition) is 5. The van der Waals surface area contributed by atoms with E-state index in [2.05, 4.69) is 10.3 Å². The average molecular weight is 301 g/mol. The number of thiazole rings is 1. The standard InChI is InChI=1S/C15H15N3O2S/c1-8-3-4-12-10(5-8)6-13(20-12)14(19)18-15-17-11(7-21-15)9(2)16/h3-7,9H,16H2,1-2H3,(H,17,18,19). The molecule has 21 heavy (non-hydrogen) atoms. The predicted octanol–water partition coefficient (Wildman–Crippen LogP) is 3.47. The fourth-order valence-corrected chi connectivity index (χ4v) is 2.80. The molecule has 0 aliphatic heterocycles. The van der Waals surface area contributed by atoms with Gasteiger partial charge in [0.15, 0.2) is 10.9 Å². The van der Waals surface area contributed by atoms with Crippen LogP contribution in [0, 0.1) is 6.92 Å². The lowest BCUT2D eigenvalue weighted by Gasteiger charge is -1.99. The zero-order valence-corrected chi connectivity index (χ0v) is 12.5. The minimum atomic E-state index is -0.311. The second kappa shape index (κ2) is 5.31. The van der Waals surface area contributed by atoms with Crippen molar-refractivity contribution in [3.8, 4) is 0 Å². The van der Waals surface area contributed by atoms with Crippen LogP contribution in [0.25, 0.3) is 11.0 Å². The summed E-state index contributed by atoms with van der Waals surface area (Å²) in [5.74, 6) is -0.0393. The van der Waals surface area contributed by atoms with Crippen LogP contribution in [-0.4, -0.2) is 10.9 Å². The Morgan fingerprint density at radius 2 is 2.24 bits per heavy atom. The maximum Gasteiger partial charge on any atom is 0.293 e. The minimum absolute atomic E-state index is 0.152. The molecule has 3 aromatic rings. The Morgan fingerprint density at radius 1 is 1.43 bits per heavy atom. The first kappa shape index (κ1) is 13.8. The monoisotopic (exact) mass is 301 g/mol. The van der Waals surface area contributed by atoms with E-state index in [1.165, 1.54) is 11.3 Å². The zero-order valence-electron chi connectivity index (χ0n) is 11.7. The molecular weight excluding hydrogens is 286 g/mol. The van der Waals surface area contributed by atoms with Crippen LogP contribution in [0.3, 0.4) is 0 Å². The number of furan rings is 1. The van der Waals surface area contributed by atoms with E-state index in [9.17, 15) is 4.79 Å². The second-order valence-corrected chi connectivity index (χ2v) is 5.83. The Bertz CT molecular complexity index is 804. The SMILES string of the molecule is Cc1ccc2oc(C(=O)Nc3nc(C(C)N)cs3)cc2c1. The Labute approximate surface area is 125 Å². The summed E-state index contributed by atoms with van der Waals surface area (Å²) in [4.78, 5) is 16.4. The predicted molar refractivity (Wildman–Crippen MR) is 83.6 cm³/mol. The van der Waals surface area contributed by atoms with Crippen molar-refractivity contribution >= 4 is 33.3 Å². The van der Waals surface area contributed by atoms with Gasteiger partial charge in [-0.1, -0.05) is 11.6 Å². The van der Waals surface area contributed by atoms with Crippen LogP contribution >= 0.6 is 11.3 Å². The summed E-state index contributed by atoms with van der Waals surface area (Å²) in [7, 11) is 0. The van der Waals surface area contributed by atoms with Crippen molar-refractivity contribution in [1.29, 1.82) is 0 Å². The van der Waals surface area contributed by atoms with Gasteiger partial charge in [0, 0.05) is 16.8 Å². The molecule has 0 radical (unpaired) electrons. The molecule has 1 atom stereocenters. The molecule has 1 unspecified atom stereocenters. The number of carbonyl (C=O) groups excluding carboxylic acids is 1. The summed E-state index contributed by atoms with van der Waals surface area (Å²) in [6, 6.07) is 7.37. The van der Waals surface area contributed by atoms with Gasteiger partial charge in [-0.05, 0) is 32.0 Å². The van der Waals surface area contributed by atoms with Crippen LogP contribution < -0.4 is 11.1 Å². The molecule has 0 saturated heterocycles. The number of rotatable bonds is 3. The van der Waals surface area contributed by atoms with Gasteiger partial charge in [0.05, 0.1) is 5.69 Å². The highest BCUT2D eigenvalue weighted by Crippen LogP contribution is 2.23. The third kappa shape index (κ3) is 2.81. The molecule has 0 aliphatic carbocycles. The average Bonchev–Trinajstić information content (AvgIpc) is 3.04. The highest BCUT2D eigenvalue weighted by atomic mass is 32.1. The number of nitrogens with one attached hydrogen (secondary N) is 1. The quantitative estimate of drug-likeness (QED) is 0.776. The van der Waals surface area contributed by atoms with E-state index in [1.807, 2.05) is 37.4 Å². The number of fused-ring (bicyclic) bond motifs is 1. The minimum Gasteiger partial charge on any atom is -0.451 e. The molecule has 1 aromatic carbocycles. The van der Waals surface area contributed by atoms with Crippen molar-refractivity contribution in [2.24, 2.45) is 5.73 Å². The van der Waals surface area contributed by atoms with Gasteiger partial charge in [0.2, 0.25) is 0 Å². The molecule has 2 heterocycles. The number of nitrogens with two attached hydrogens (primary N) is 1. The largest absolute Gasteiger partial charge is 0.451 e. The van der Waals surface area contributed by atoms with Gasteiger partial charge in [0.1, 0.15) is 5.58 Å². The van der Waals surface area contributed by atoms with Gasteiger partial charge in [-0.15, -0.1) is 11.3 Å². The smallest absolute Gasteiger partial charge is 0.293 e. The van der Waals surface area contributed by atoms with E-state index in [-0.39, 0.29) is 17.7 Å². The van der Waals surface area contributed by atoms with Crippen molar-refractivity contribution in [1.82, 2.24) is 4.98 Å². The van der Waals surface area contributed by atoms with Crippen molar-refractivity contribution in [2.75, 3.05) is 5.32 Å². The zero-order chi connectivity index (χ0) is 15.0. The highest BCUT2D eigenvalue weighted by molar-refractivity contribution is 7.14. The van der Waals surface area contributed by atoms with Crippen molar-refractivity contribution < 1.29 is 9.21 Å². The van der Waals surface area contributed by atoms with Crippen molar-refractivity contribution in [2.45, 2.75) is 19.9 Å². The van der Waals surface area contributed by atoms with Crippen LogP contribution in [0.15, 0.2) is 34.1 Å². The van der Waals surface area contributed by atoms with E-state index in [1.54, 1.807) is 6.07 Å². The number of aryl methyl sites for hydroxylation is 1. The van der Waals surface area contributed by atoms with Gasteiger partial charge in [-0.3, -0.25) is 10.1 Å². The molecule has 0 fully saturated rings. The lowest BCUT2D eigenvalue weighted by atomic mass is 10.2. The highest BCUT2D eigenvalue weighted by Gasteiger charge is 2.15. The molecule has 2 aromatic heterocycles. The van der Waals surface area contributed by atoms with Gasteiger partial charge in [-0.2, -0.15) is 0 Å². The molecule has 0 aliphatic rings. The molecule has 0 saturated carbocycles. The molecule has 0 bridgehead atoms. The van der Waals surface area contributed by atoms with E-state index < -0.39 is 0 Å². The maximum atomic E-state index is 12.2. The van der Waals surface area contributed by atoms with Crippen LogP contribution in [0.5, 0.6) is 0 Å². The van der Waals surface area contributed by atoms with Gasteiger partial charge >= 0.3 is 0 Å². The lowest BCUT2D eigenvalue weighted by Crippen LogP contribution is -2.11. The Kier molecular flexibility index (Phi) is 3.48. The fourth-order valence-electron chi connectivity index (χ4n) is 1.99. The molecule has 3 rings (SSSR count). The first-order valence-electron chi connectivity index (χ1n) is 6.55. The molecule has 0 spiro atoms. The summed E-state index contributed by atoms with van der Waals surface area (Å²) < 4.78 is 5.55. The summed E-state index contributed by atoms with van der Waals surface area (Å²) in [6.45, 7) is 3.85. The summed E-state index contributed by atoms with van der Waals surface area (Å²) in [5.41, 5.74) is 8.32. The van der Waals surface area contributed by atoms with Crippen LogP contribution in [0.1, 0.15) is 34.8 Å². The number of hydrogen-bond donors (Lipinski definition) is 2. The summed E-state index contributed by atoms with van der Waals surface area (Å²) >= 11 is 1.35. The van der Waals surface area contributed by atoms with Crippen LogP contribution in [-0.2, 0) is 0 Å². The second-order valence-electron chi connectivity index (χ2n) is 4.97. The van der Waals surface area contributed by atoms with Crippen molar-refractivity contribution in [3.63, 3.8) is 0 Å². The first-order valence-corrected chi connectivity index (χ1v) is 7.43. The normalized spacial score (nSPS) is 12.5. The number of benzene rings is 1. The Hall–Kier alpha value is -2.18. The van der Waals surface area contributed by atoms with Gasteiger partial charge in [0.25, 0.3) is 5.91 Å². The molecule has 108 valence electrons. The third-order valence-electron chi connectivity index (χ3n) is 3.10. The van der Waals surface area contributed by atoms with E-state index in [0.29, 0.717) is 10.7 Å². The van der Waals surface area contributed by atoms with E-state index >= 15 is 0 Å². The maximum absolute atomic E-state index is 12.2. The van der Waals surface area contributed by atoms with E-state index in [0.717, 1.165) is 16.6 Å². The topological polar surface area (TPSA) is 81.2 Å². The summed E-state index contributed by atoms with van der Waals surface area (Å²) in [5, 5.41) is 5.99. The van der Waals surface area contributed by atoms with E-state index in [4.69, 9.17) is 10.2 Å². The molecule has 6 heteroatoms. The number of anilines is 1. The summed E-state index contributed by atoms with van der Waals surface area (Å²) in [6.07, 6.45) is 0. The first-order chi connectivity index (χ1) is 10.0. The number of amides is 1. The third-order valence-corrected chi connectivity index (χ3v) is 3.88. The van der Waals surface area contributed by atoms with Gasteiger partial charge < -0.3 is 10.2 Å². The van der Waals surface area contributed by atoms with Crippen LogP contribution in [0.4, 0.5) is 5.13 Å². The molecule has 5 nitrogen and oxygen atoms in total. The van der Waals surface area contributed by atoms with Crippen LogP contribution in [0.2, 0.25) is 0 Å². The fraction of sp³-hybridized carbons (Fsp3) is 0.200. The number of carbonyl (C=O) groups is 1. The number of aromatic nitrogens is 1. The molecule has 3 N–H and O–H groups in total. The lowest BCUT2D eigenvalue weighted by molar-refractivity contribution is 0.0998. The van der Waals surface area contributed by atoms with Crippen molar-refractivity contribution in [3.05, 3.63) is 46.7 Å².